The summed E-state index contributed by atoms with van der Waals surface area (Å²) in [7, 11) is -2.23. The number of hydrogen-bond donors (Lipinski definition) is 3. The number of nitrogens with zero attached hydrogens (tertiary/aromatic N) is 5. The number of alkyl halides is 3. The monoisotopic (exact) mass is 573 g/mol. The smallest absolute Gasteiger partial charge is 0.480 e. The molecule has 0 saturated carbocycles. The van der Waals surface area contributed by atoms with Gasteiger partial charge in [0.05, 0.1) is 19.0 Å². The molecule has 0 aliphatic carbocycles. The fourth-order valence-corrected chi connectivity index (χ4v) is 6.24. The minimum atomic E-state index is -4.83. The van der Waals surface area contributed by atoms with Gasteiger partial charge in [-0.25, -0.2) is 24.7 Å². The molecule has 2 aromatic heterocycles. The molecule has 3 aromatic rings. The van der Waals surface area contributed by atoms with Crippen LogP contribution in [0.15, 0.2) is 36.9 Å². The number of ether oxygens (including phenoxy) is 2. The van der Waals surface area contributed by atoms with Crippen molar-refractivity contribution in [2.45, 2.75) is 58.3 Å². The van der Waals surface area contributed by atoms with Gasteiger partial charge >= 0.3 is 12.3 Å². The highest BCUT2D eigenvalue weighted by molar-refractivity contribution is 7.59. The Morgan fingerprint density at radius 2 is 1.85 bits per heavy atom. The number of aromatic nitrogens is 4. The number of nitrogens with two attached hydrogens (primary N) is 1. The number of nitrogens with one attached hydrogen (secondary N) is 1. The summed E-state index contributed by atoms with van der Waals surface area (Å²) >= 11 is 0. The molecule has 16 heteroatoms. The number of anilines is 1. The van der Waals surface area contributed by atoms with Gasteiger partial charge in [-0.15, -0.1) is 13.2 Å². The van der Waals surface area contributed by atoms with E-state index >= 15 is 0 Å². The summed E-state index contributed by atoms with van der Waals surface area (Å²) in [6.45, 7) is 6.44. The number of halogens is 3. The standard InChI is InChI=1S/C23H31F3N7O5P/c1-14(10-33-12-30-18-19(27)28-11-29-20(18)33)37-13-39(36,31-22(3,4)21(34)35)32(5)15(2)16-6-8-17(9-7-16)38-23(24,25)26/h6-9,11-12,14-15H,10,13H2,1-5H3,(H,31,36)(H,34,35)(H2,27,28,29)/t14-,15-,39+/m1/s1. The summed E-state index contributed by atoms with van der Waals surface area (Å²) in [4.78, 5) is 24.1. The first-order valence-corrected chi connectivity index (χ1v) is 13.6. The maximum atomic E-state index is 14.3. The van der Waals surface area contributed by atoms with Crippen LogP contribution >= 0.6 is 7.44 Å². The number of hydrogen-bond acceptors (Lipinski definition) is 8. The second kappa shape index (κ2) is 11.5. The zero-order valence-corrected chi connectivity index (χ0v) is 22.9. The van der Waals surface area contributed by atoms with Crippen molar-refractivity contribution in [3.63, 3.8) is 0 Å². The molecule has 214 valence electrons. The average molecular weight is 574 g/mol. The molecule has 1 aromatic carbocycles. The van der Waals surface area contributed by atoms with E-state index < -0.39 is 43.2 Å². The number of fused-ring (bicyclic) bond motifs is 1. The molecular formula is C23H31F3N7O5P. The zero-order chi connectivity index (χ0) is 29.2. The van der Waals surface area contributed by atoms with Crippen molar-refractivity contribution in [1.82, 2.24) is 29.3 Å². The summed E-state index contributed by atoms with van der Waals surface area (Å²) in [6.07, 6.45) is -2.87. The van der Waals surface area contributed by atoms with Crippen LogP contribution in [0.2, 0.25) is 0 Å². The maximum absolute atomic E-state index is 14.3. The van der Waals surface area contributed by atoms with Gasteiger partial charge in [-0.1, -0.05) is 12.1 Å². The second-order valence-electron chi connectivity index (χ2n) is 9.54. The fraction of sp³-hybridized carbons (Fsp3) is 0.478. The van der Waals surface area contributed by atoms with E-state index in [0.29, 0.717) is 16.7 Å². The predicted octanol–water partition coefficient (Wildman–Crippen LogP) is 4.01. The number of rotatable bonds is 12. The van der Waals surface area contributed by atoms with E-state index in [0.717, 1.165) is 12.1 Å². The van der Waals surface area contributed by atoms with E-state index in [9.17, 15) is 27.6 Å². The van der Waals surface area contributed by atoms with Crippen LogP contribution in [-0.4, -0.2) is 66.7 Å². The highest BCUT2D eigenvalue weighted by Gasteiger charge is 2.41. The minimum absolute atomic E-state index is 0.227. The molecule has 39 heavy (non-hydrogen) atoms. The highest BCUT2D eigenvalue weighted by atomic mass is 31.2. The second-order valence-corrected chi connectivity index (χ2v) is 12.1. The molecule has 3 rings (SSSR count). The number of carbonyl (C=O) groups is 1. The van der Waals surface area contributed by atoms with Crippen molar-refractivity contribution >= 4 is 30.4 Å². The molecule has 2 heterocycles. The lowest BCUT2D eigenvalue weighted by atomic mass is 10.1. The molecule has 0 radical (unpaired) electrons. The Labute approximate surface area is 222 Å². The van der Waals surface area contributed by atoms with Crippen LogP contribution in [0.25, 0.3) is 11.2 Å². The quantitative estimate of drug-likeness (QED) is 0.269. The van der Waals surface area contributed by atoms with Crippen LogP contribution in [0, 0.1) is 0 Å². The first-order valence-electron chi connectivity index (χ1n) is 11.8. The third-order valence-corrected chi connectivity index (χ3v) is 8.85. The van der Waals surface area contributed by atoms with Gasteiger partial charge in [0.25, 0.3) is 0 Å². The van der Waals surface area contributed by atoms with E-state index in [4.69, 9.17) is 10.5 Å². The zero-order valence-electron chi connectivity index (χ0n) is 22.0. The van der Waals surface area contributed by atoms with Crippen molar-refractivity contribution in [2.75, 3.05) is 19.1 Å². The van der Waals surface area contributed by atoms with E-state index in [1.165, 1.54) is 50.4 Å². The summed E-state index contributed by atoms with van der Waals surface area (Å²) in [5.41, 5.74) is 5.69. The van der Waals surface area contributed by atoms with E-state index in [1.54, 1.807) is 18.4 Å². The normalized spacial score (nSPS) is 15.7. The Hall–Kier alpha value is -3.26. The number of carboxylic acid groups (broad SMARTS) is 1. The molecule has 0 amide bonds. The first kappa shape index (κ1) is 30.3. The highest BCUT2D eigenvalue weighted by Crippen LogP contribution is 2.51. The Kier molecular flexibility index (Phi) is 8.90. The molecule has 0 fully saturated rings. The van der Waals surface area contributed by atoms with Crippen molar-refractivity contribution in [3.8, 4) is 5.75 Å². The van der Waals surface area contributed by atoms with Gasteiger partial charge < -0.3 is 24.9 Å². The van der Waals surface area contributed by atoms with Gasteiger partial charge in [0.15, 0.2) is 11.5 Å². The minimum Gasteiger partial charge on any atom is -0.480 e. The Morgan fingerprint density at radius 3 is 2.44 bits per heavy atom. The van der Waals surface area contributed by atoms with Gasteiger partial charge in [0, 0.05) is 6.04 Å². The largest absolute Gasteiger partial charge is 0.573 e. The Bertz CT molecular complexity index is 1350. The fourth-order valence-electron chi connectivity index (χ4n) is 3.72. The van der Waals surface area contributed by atoms with E-state index in [-0.39, 0.29) is 18.7 Å². The SMILES string of the molecule is C[C@H](Cn1cnc2c(N)ncnc21)OC[P@](=O)(NC(C)(C)C(=O)O)N(C)[C@H](C)c1ccc(OC(F)(F)F)cc1. The van der Waals surface area contributed by atoms with Crippen molar-refractivity contribution in [2.24, 2.45) is 0 Å². The summed E-state index contributed by atoms with van der Waals surface area (Å²) < 4.78 is 64.8. The average Bonchev–Trinajstić information content (AvgIpc) is 3.25. The van der Waals surface area contributed by atoms with Gasteiger partial charge in [-0.3, -0.25) is 9.36 Å². The summed E-state index contributed by atoms with van der Waals surface area (Å²) in [5, 5.41) is 12.4. The molecule has 12 nitrogen and oxygen atoms in total. The lowest BCUT2D eigenvalue weighted by Crippen LogP contribution is -2.48. The van der Waals surface area contributed by atoms with Crippen molar-refractivity contribution in [1.29, 1.82) is 0 Å². The third-order valence-electron chi connectivity index (χ3n) is 6.07. The summed E-state index contributed by atoms with van der Waals surface area (Å²) in [5.74, 6) is -1.40. The molecular weight excluding hydrogens is 542 g/mol. The number of benzene rings is 1. The van der Waals surface area contributed by atoms with E-state index in [2.05, 4.69) is 24.8 Å². The Morgan fingerprint density at radius 1 is 1.21 bits per heavy atom. The number of imidazole rings is 1. The van der Waals surface area contributed by atoms with Crippen LogP contribution in [0.3, 0.4) is 0 Å². The Balaban J connectivity index is 1.79. The third kappa shape index (κ3) is 7.44. The first-order chi connectivity index (χ1) is 18.0. The van der Waals surface area contributed by atoms with Crippen molar-refractivity contribution in [3.05, 3.63) is 42.5 Å². The van der Waals surface area contributed by atoms with E-state index in [1.807, 2.05) is 0 Å². The molecule has 0 spiro atoms. The van der Waals surface area contributed by atoms with Crippen molar-refractivity contribution < 1.29 is 37.1 Å². The van der Waals surface area contributed by atoms with Crippen LogP contribution < -0.4 is 15.6 Å². The summed E-state index contributed by atoms with van der Waals surface area (Å²) in [6, 6.07) is 4.52. The molecule has 4 N–H and O–H groups in total. The van der Waals surface area contributed by atoms with Gasteiger partial charge in [-0.2, -0.15) is 0 Å². The lowest BCUT2D eigenvalue weighted by molar-refractivity contribution is -0.274. The van der Waals surface area contributed by atoms with Gasteiger partial charge in [0.2, 0.25) is 7.44 Å². The molecule has 0 aliphatic heterocycles. The van der Waals surface area contributed by atoms with Crippen LogP contribution in [0.5, 0.6) is 5.75 Å². The lowest BCUT2D eigenvalue weighted by Gasteiger charge is -2.38. The number of carboxylic acids is 1. The molecule has 3 atom stereocenters. The predicted molar refractivity (Wildman–Crippen MR) is 137 cm³/mol. The molecule has 0 aliphatic rings. The van der Waals surface area contributed by atoms with Gasteiger partial charge in [-0.05, 0) is 52.4 Å². The van der Waals surface area contributed by atoms with Crippen LogP contribution in [0.4, 0.5) is 19.0 Å². The van der Waals surface area contributed by atoms with Gasteiger partial charge in [0.1, 0.15) is 29.5 Å². The van der Waals surface area contributed by atoms with Crippen LogP contribution in [0.1, 0.15) is 39.3 Å². The molecule has 0 bridgehead atoms. The van der Waals surface area contributed by atoms with Crippen LogP contribution in [-0.2, 0) is 20.6 Å². The topological polar surface area (TPSA) is 158 Å². The maximum Gasteiger partial charge on any atom is 0.573 e. The molecule has 0 saturated heterocycles. The number of nitrogen functional groups attached to an aromatic ring is 1. The molecule has 0 unspecified atom stereocenters. The number of aliphatic carboxylic acids is 1.